The minimum Gasteiger partial charge on any atom is -0.478 e. The Morgan fingerprint density at radius 1 is 1.31 bits per heavy atom. The summed E-state index contributed by atoms with van der Waals surface area (Å²) in [6.07, 6.45) is 5.12. The third kappa shape index (κ3) is 3.51. The van der Waals surface area contributed by atoms with Crippen LogP contribution in [0.3, 0.4) is 0 Å². The van der Waals surface area contributed by atoms with Crippen molar-refractivity contribution in [2.45, 2.75) is 0 Å². The van der Waals surface area contributed by atoms with Crippen molar-refractivity contribution < 1.29 is 24.5 Å². The Kier molecular flexibility index (Phi) is 5.59. The van der Waals surface area contributed by atoms with Crippen LogP contribution in [0.4, 0.5) is 5.82 Å². The first kappa shape index (κ1) is 19.4. The molecule has 0 aliphatic carbocycles. The lowest BCUT2D eigenvalue weighted by atomic mass is 9.95. The summed E-state index contributed by atoms with van der Waals surface area (Å²) in [7, 11) is 0. The second-order valence-corrected chi connectivity index (χ2v) is 6.13. The molecule has 0 saturated heterocycles. The lowest BCUT2D eigenvalue weighted by Gasteiger charge is -2.15. The number of halogens is 2. The lowest BCUT2D eigenvalue weighted by Crippen LogP contribution is -2.24. The normalized spacial score (nSPS) is 10.2. The molecule has 2 aromatic rings. The molecule has 0 bridgehead atoms. The van der Waals surface area contributed by atoms with Gasteiger partial charge >= 0.3 is 11.9 Å². The topological polar surface area (TPSA) is 143 Å². The number of carbonyl (C=O) groups is 2. The first-order valence-corrected chi connectivity index (χ1v) is 7.94. The number of ether oxygens (including phenoxy) is 1. The molecule has 0 atom stereocenters. The number of hydrogen-bond acceptors (Lipinski definition) is 5. The van der Waals surface area contributed by atoms with Crippen LogP contribution in [0.15, 0.2) is 21.4 Å². The van der Waals surface area contributed by atoms with Gasteiger partial charge in [-0.15, -0.1) is 6.42 Å². The summed E-state index contributed by atoms with van der Waals surface area (Å²) in [6.45, 7) is -0.0730. The molecule has 2 rings (SSSR count). The number of nitrogens with one attached hydrogen (secondary N) is 1. The summed E-state index contributed by atoms with van der Waals surface area (Å²) in [4.78, 5) is 37.2. The molecule has 134 valence electrons. The van der Waals surface area contributed by atoms with Crippen LogP contribution in [0, 0.1) is 12.3 Å². The Labute approximate surface area is 159 Å². The van der Waals surface area contributed by atoms with Gasteiger partial charge in [0.2, 0.25) is 0 Å². The van der Waals surface area contributed by atoms with E-state index in [2.05, 4.69) is 21.9 Å². The Morgan fingerprint density at radius 2 is 1.92 bits per heavy atom. The Hall–Kier alpha value is -2.96. The highest BCUT2D eigenvalue weighted by molar-refractivity contribution is 9.10. The predicted octanol–water partition coefficient (Wildman–Crippen LogP) is 2.45. The van der Waals surface area contributed by atoms with Gasteiger partial charge in [0.15, 0.2) is 5.75 Å². The quantitative estimate of drug-likeness (QED) is 0.522. The lowest BCUT2D eigenvalue weighted by molar-refractivity contribution is 0.0695. The number of aromatic carboxylic acids is 2. The summed E-state index contributed by atoms with van der Waals surface area (Å²) >= 11 is 9.32. The fourth-order valence-corrected chi connectivity index (χ4v) is 3.25. The van der Waals surface area contributed by atoms with Gasteiger partial charge in [-0.2, -0.15) is 0 Å². The first-order chi connectivity index (χ1) is 12.2. The second-order valence-electron chi connectivity index (χ2n) is 4.86. The molecule has 1 aromatic heterocycles. The third-order valence-corrected chi connectivity index (χ3v) is 4.13. The second kappa shape index (κ2) is 7.51. The van der Waals surface area contributed by atoms with Gasteiger partial charge in [-0.25, -0.2) is 9.59 Å². The number of anilines is 1. The van der Waals surface area contributed by atoms with E-state index in [9.17, 15) is 24.6 Å². The SMILES string of the molecule is C#CCOc1c(Cl)cc(-c2c(C(=O)O)c(N)[nH]c(=O)c2C(=O)O)cc1Br. The number of pyridine rings is 1. The predicted molar refractivity (Wildman–Crippen MR) is 97.9 cm³/mol. The van der Waals surface area contributed by atoms with Gasteiger partial charge < -0.3 is 25.7 Å². The van der Waals surface area contributed by atoms with Crippen molar-refractivity contribution in [2.24, 2.45) is 0 Å². The molecule has 8 nitrogen and oxygen atoms in total. The van der Waals surface area contributed by atoms with Crippen LogP contribution in [0.25, 0.3) is 11.1 Å². The summed E-state index contributed by atoms with van der Waals surface area (Å²) in [5.74, 6) is -1.18. The fourth-order valence-electron chi connectivity index (χ4n) is 2.29. The molecule has 5 N–H and O–H groups in total. The molecule has 0 unspecified atom stereocenters. The Bertz CT molecular complexity index is 1000. The maximum absolute atomic E-state index is 12.0. The maximum Gasteiger partial charge on any atom is 0.342 e. The van der Waals surface area contributed by atoms with Gasteiger partial charge in [0.25, 0.3) is 5.56 Å². The largest absolute Gasteiger partial charge is 0.478 e. The van der Waals surface area contributed by atoms with E-state index in [0.717, 1.165) is 0 Å². The number of rotatable bonds is 5. The smallest absolute Gasteiger partial charge is 0.342 e. The van der Waals surface area contributed by atoms with Gasteiger partial charge in [0, 0.05) is 5.56 Å². The number of carboxylic acids is 2. The van der Waals surface area contributed by atoms with Crippen molar-refractivity contribution in [1.29, 1.82) is 0 Å². The molecular weight excluding hydrogens is 432 g/mol. The average molecular weight is 442 g/mol. The van der Waals surface area contributed by atoms with Crippen LogP contribution in [-0.2, 0) is 0 Å². The number of aromatic amines is 1. The van der Waals surface area contributed by atoms with Gasteiger partial charge in [-0.3, -0.25) is 4.79 Å². The standard InChI is InChI=1S/C16H10BrClN2O6/c1-2-3-26-12-7(17)4-6(5-8(12)18)9-10(15(22)23)13(19)20-14(21)11(9)16(24)25/h1,4-5H,3H2,(H,22,23)(H,24,25)(H3,19,20,21). The van der Waals surface area contributed by atoms with Crippen molar-refractivity contribution in [1.82, 2.24) is 4.98 Å². The highest BCUT2D eigenvalue weighted by Gasteiger charge is 2.27. The molecule has 26 heavy (non-hydrogen) atoms. The first-order valence-electron chi connectivity index (χ1n) is 6.77. The molecule has 1 heterocycles. The minimum absolute atomic E-state index is 0.0242. The van der Waals surface area contributed by atoms with Crippen molar-refractivity contribution in [3.8, 4) is 29.2 Å². The van der Waals surface area contributed by atoms with Crippen LogP contribution in [0.5, 0.6) is 5.75 Å². The molecule has 0 saturated carbocycles. The molecule has 0 aliphatic rings. The molecule has 0 radical (unpaired) electrons. The van der Waals surface area contributed by atoms with Gasteiger partial charge in [-0.1, -0.05) is 17.5 Å². The van der Waals surface area contributed by atoms with E-state index in [4.69, 9.17) is 28.5 Å². The summed E-state index contributed by atoms with van der Waals surface area (Å²) in [6, 6.07) is 2.61. The summed E-state index contributed by atoms with van der Waals surface area (Å²) in [5, 5.41) is 18.8. The Morgan fingerprint density at radius 3 is 2.42 bits per heavy atom. The number of aromatic nitrogens is 1. The van der Waals surface area contributed by atoms with E-state index in [1.54, 1.807) is 0 Å². The van der Waals surface area contributed by atoms with E-state index < -0.39 is 34.4 Å². The zero-order valence-electron chi connectivity index (χ0n) is 12.8. The molecule has 0 fully saturated rings. The average Bonchev–Trinajstić information content (AvgIpc) is 2.52. The Balaban J connectivity index is 2.88. The van der Waals surface area contributed by atoms with Gasteiger partial charge in [0.05, 0.1) is 9.50 Å². The maximum atomic E-state index is 12.0. The minimum atomic E-state index is -1.62. The molecule has 0 amide bonds. The number of hydrogen-bond donors (Lipinski definition) is 4. The number of H-pyrrole nitrogens is 1. The van der Waals surface area contributed by atoms with E-state index in [0.29, 0.717) is 0 Å². The van der Waals surface area contributed by atoms with Crippen molar-refractivity contribution in [3.05, 3.63) is 43.1 Å². The zero-order chi connectivity index (χ0) is 19.6. The van der Waals surface area contributed by atoms with Crippen molar-refractivity contribution in [3.63, 3.8) is 0 Å². The summed E-state index contributed by atoms with van der Waals surface area (Å²) < 4.78 is 5.55. The monoisotopic (exact) mass is 440 g/mol. The van der Waals surface area contributed by atoms with Crippen molar-refractivity contribution in [2.75, 3.05) is 12.3 Å². The van der Waals surface area contributed by atoms with E-state index in [-0.39, 0.29) is 33.0 Å². The van der Waals surface area contributed by atoms with E-state index in [1.165, 1.54) is 12.1 Å². The van der Waals surface area contributed by atoms with Crippen LogP contribution in [-0.4, -0.2) is 33.7 Å². The van der Waals surface area contributed by atoms with Gasteiger partial charge in [-0.05, 0) is 33.6 Å². The van der Waals surface area contributed by atoms with Crippen LogP contribution >= 0.6 is 27.5 Å². The van der Waals surface area contributed by atoms with Crippen LogP contribution in [0.1, 0.15) is 20.7 Å². The number of carboxylic acid groups (broad SMARTS) is 2. The van der Waals surface area contributed by atoms with Crippen LogP contribution in [0.2, 0.25) is 5.02 Å². The highest BCUT2D eigenvalue weighted by Crippen LogP contribution is 2.39. The number of nitrogen functional groups attached to an aromatic ring is 1. The molecule has 0 spiro atoms. The molecule has 1 aromatic carbocycles. The molecule has 10 heteroatoms. The van der Waals surface area contributed by atoms with Crippen LogP contribution < -0.4 is 16.0 Å². The highest BCUT2D eigenvalue weighted by atomic mass is 79.9. The van der Waals surface area contributed by atoms with E-state index in [1.807, 2.05) is 4.98 Å². The zero-order valence-corrected chi connectivity index (χ0v) is 15.1. The molecular formula is C16H10BrClN2O6. The molecule has 0 aliphatic heterocycles. The number of terminal acetylenes is 1. The number of benzene rings is 1. The summed E-state index contributed by atoms with van der Waals surface area (Å²) in [5.41, 5.74) is 2.85. The number of nitrogens with two attached hydrogens (primary N) is 1. The van der Waals surface area contributed by atoms with Crippen molar-refractivity contribution >= 4 is 45.3 Å². The van der Waals surface area contributed by atoms with Gasteiger partial charge in [0.1, 0.15) is 23.6 Å². The third-order valence-electron chi connectivity index (χ3n) is 3.26. The fraction of sp³-hybridized carbons (Fsp3) is 0.0625. The van der Waals surface area contributed by atoms with E-state index >= 15 is 0 Å².